The number of aliphatic hydroxyl groups is 1. The summed E-state index contributed by atoms with van der Waals surface area (Å²) >= 11 is 0. The highest BCUT2D eigenvalue weighted by atomic mass is 19.3. The molecule has 1 aliphatic rings. The number of nitrogens with zero attached hydrogens (tertiary/aromatic N) is 1. The van der Waals surface area contributed by atoms with E-state index in [9.17, 15) is 18.7 Å². The van der Waals surface area contributed by atoms with Gasteiger partial charge >= 0.3 is 6.09 Å². The van der Waals surface area contributed by atoms with E-state index >= 15 is 0 Å². The molecule has 1 saturated heterocycles. The van der Waals surface area contributed by atoms with Crippen molar-refractivity contribution in [1.29, 1.82) is 0 Å². The first-order chi connectivity index (χ1) is 12.9. The molecule has 2 atom stereocenters. The third kappa shape index (κ3) is 5.26. The summed E-state index contributed by atoms with van der Waals surface area (Å²) in [7, 11) is 0. The quantitative estimate of drug-likeness (QED) is 0.834. The smallest absolute Gasteiger partial charge is 0.410 e. The van der Waals surface area contributed by atoms with Crippen LogP contribution in [0.1, 0.15) is 36.5 Å². The molecule has 6 heteroatoms. The third-order valence-corrected chi connectivity index (χ3v) is 4.81. The van der Waals surface area contributed by atoms with Crippen LogP contribution in [-0.4, -0.2) is 34.6 Å². The van der Waals surface area contributed by atoms with E-state index in [-0.39, 0.29) is 25.9 Å². The number of hydrogen-bond donors (Lipinski definition) is 1. The van der Waals surface area contributed by atoms with Crippen molar-refractivity contribution in [3.05, 3.63) is 71.8 Å². The summed E-state index contributed by atoms with van der Waals surface area (Å²) in [5, 5.41) is 10.4. The second-order valence-electron chi connectivity index (χ2n) is 6.88. The largest absolute Gasteiger partial charge is 0.445 e. The lowest BCUT2D eigenvalue weighted by atomic mass is 9.93. The normalized spacial score (nSPS) is 20.1. The van der Waals surface area contributed by atoms with Gasteiger partial charge in [-0.1, -0.05) is 60.7 Å². The molecule has 0 aliphatic carbocycles. The number of halogens is 2. The minimum absolute atomic E-state index is 0.0235. The topological polar surface area (TPSA) is 49.8 Å². The predicted octanol–water partition coefficient (Wildman–Crippen LogP) is 4.55. The van der Waals surface area contributed by atoms with Crippen LogP contribution in [0.15, 0.2) is 60.7 Å². The highest BCUT2D eigenvalue weighted by Gasteiger charge is 2.43. The van der Waals surface area contributed by atoms with E-state index in [1.54, 1.807) is 36.4 Å². The molecule has 4 nitrogen and oxygen atoms in total. The maximum atomic E-state index is 13.9. The second kappa shape index (κ2) is 8.48. The molecule has 0 spiro atoms. The number of rotatable bonds is 5. The lowest BCUT2D eigenvalue weighted by molar-refractivity contribution is -0.0837. The van der Waals surface area contributed by atoms with Crippen molar-refractivity contribution in [2.75, 3.05) is 6.54 Å². The zero-order valence-corrected chi connectivity index (χ0v) is 14.9. The van der Waals surface area contributed by atoms with E-state index in [4.69, 9.17) is 4.74 Å². The van der Waals surface area contributed by atoms with Gasteiger partial charge in [0.25, 0.3) is 5.92 Å². The predicted molar refractivity (Wildman–Crippen MR) is 97.3 cm³/mol. The number of benzene rings is 2. The second-order valence-corrected chi connectivity index (χ2v) is 6.88. The number of amides is 1. The molecule has 27 heavy (non-hydrogen) atoms. The Labute approximate surface area is 157 Å². The number of carbonyl (C=O) groups excluding carboxylic acids is 1. The van der Waals surface area contributed by atoms with Gasteiger partial charge in [-0.3, -0.25) is 4.90 Å². The zero-order valence-electron chi connectivity index (χ0n) is 14.9. The fraction of sp³-hybridized carbons (Fsp3) is 0.381. The minimum Gasteiger partial charge on any atom is -0.445 e. The van der Waals surface area contributed by atoms with Gasteiger partial charge in [0.1, 0.15) is 6.61 Å². The molecule has 3 rings (SSSR count). The van der Waals surface area contributed by atoms with Crippen LogP contribution in [0.3, 0.4) is 0 Å². The standard InChI is InChI=1S/C21H23F2NO3/c22-21(23)12-11-18(13-19(25)17-9-5-2-6-10-17)24(15-21)20(26)27-14-16-7-3-1-4-8-16/h1-10,18-19,25H,11-15H2. The van der Waals surface area contributed by atoms with Crippen LogP contribution in [0.5, 0.6) is 0 Å². The first kappa shape index (κ1) is 19.3. The van der Waals surface area contributed by atoms with E-state index in [2.05, 4.69) is 0 Å². The number of ether oxygens (including phenoxy) is 1. The minimum atomic E-state index is -2.94. The SMILES string of the molecule is O=C(OCc1ccccc1)N1CC(F)(F)CCC1CC(O)c1ccccc1. The lowest BCUT2D eigenvalue weighted by Gasteiger charge is -2.39. The molecule has 0 saturated carbocycles. The highest BCUT2D eigenvalue weighted by Crippen LogP contribution is 2.34. The molecule has 2 aromatic carbocycles. The Morgan fingerprint density at radius 3 is 2.44 bits per heavy atom. The van der Waals surface area contributed by atoms with Gasteiger partial charge in [-0.15, -0.1) is 0 Å². The third-order valence-electron chi connectivity index (χ3n) is 4.81. The summed E-state index contributed by atoms with van der Waals surface area (Å²) in [4.78, 5) is 13.5. The van der Waals surface area contributed by atoms with Crippen molar-refractivity contribution >= 4 is 6.09 Å². The van der Waals surface area contributed by atoms with E-state index in [1.165, 1.54) is 0 Å². The Morgan fingerprint density at radius 2 is 1.78 bits per heavy atom. The maximum Gasteiger partial charge on any atom is 0.410 e. The Hall–Kier alpha value is -2.47. The Bertz CT molecular complexity index is 740. The fourth-order valence-corrected chi connectivity index (χ4v) is 3.32. The summed E-state index contributed by atoms with van der Waals surface area (Å²) in [5.41, 5.74) is 1.49. The lowest BCUT2D eigenvalue weighted by Crippen LogP contribution is -2.52. The first-order valence-electron chi connectivity index (χ1n) is 9.03. The molecule has 0 aromatic heterocycles. The monoisotopic (exact) mass is 375 g/mol. The van der Waals surface area contributed by atoms with Crippen molar-refractivity contribution in [1.82, 2.24) is 4.90 Å². The first-order valence-corrected chi connectivity index (χ1v) is 9.03. The number of likely N-dealkylation sites (tertiary alicyclic amines) is 1. The molecule has 2 aromatic rings. The molecule has 2 unspecified atom stereocenters. The molecule has 1 fully saturated rings. The van der Waals surface area contributed by atoms with E-state index in [0.717, 1.165) is 10.5 Å². The van der Waals surface area contributed by atoms with Crippen LogP contribution >= 0.6 is 0 Å². The molecular weight excluding hydrogens is 352 g/mol. The molecule has 1 heterocycles. The van der Waals surface area contributed by atoms with Gasteiger partial charge in [-0.2, -0.15) is 0 Å². The van der Waals surface area contributed by atoms with E-state index in [0.29, 0.717) is 5.56 Å². The van der Waals surface area contributed by atoms with Crippen molar-refractivity contribution in [2.24, 2.45) is 0 Å². The molecule has 0 radical (unpaired) electrons. The van der Waals surface area contributed by atoms with Gasteiger partial charge in [0.15, 0.2) is 0 Å². The highest BCUT2D eigenvalue weighted by molar-refractivity contribution is 5.68. The van der Waals surface area contributed by atoms with Gasteiger partial charge in [0.05, 0.1) is 12.6 Å². The average molecular weight is 375 g/mol. The van der Waals surface area contributed by atoms with Crippen molar-refractivity contribution in [2.45, 2.75) is 43.9 Å². The summed E-state index contributed by atoms with van der Waals surface area (Å²) < 4.78 is 33.1. The van der Waals surface area contributed by atoms with Gasteiger partial charge in [-0.25, -0.2) is 13.6 Å². The van der Waals surface area contributed by atoms with E-state index < -0.39 is 30.7 Å². The Balaban J connectivity index is 1.66. The van der Waals surface area contributed by atoms with Crippen LogP contribution in [0.2, 0.25) is 0 Å². The fourth-order valence-electron chi connectivity index (χ4n) is 3.32. The molecule has 1 N–H and O–H groups in total. The number of alkyl halides is 2. The van der Waals surface area contributed by atoms with Crippen LogP contribution in [0, 0.1) is 0 Å². The Kier molecular flexibility index (Phi) is 6.06. The molecule has 1 aliphatic heterocycles. The van der Waals surface area contributed by atoms with Crippen molar-refractivity contribution in [3.8, 4) is 0 Å². The van der Waals surface area contributed by atoms with Crippen LogP contribution in [0.25, 0.3) is 0 Å². The summed E-state index contributed by atoms with van der Waals surface area (Å²) in [5.74, 6) is -2.94. The van der Waals surface area contributed by atoms with Crippen molar-refractivity contribution in [3.63, 3.8) is 0 Å². The molecule has 144 valence electrons. The average Bonchev–Trinajstić information content (AvgIpc) is 2.68. The molecule has 0 bridgehead atoms. The number of carbonyl (C=O) groups is 1. The number of hydrogen-bond acceptors (Lipinski definition) is 3. The van der Waals surface area contributed by atoms with Crippen molar-refractivity contribution < 1.29 is 23.4 Å². The van der Waals surface area contributed by atoms with Crippen LogP contribution in [-0.2, 0) is 11.3 Å². The van der Waals surface area contributed by atoms with E-state index in [1.807, 2.05) is 24.3 Å². The number of aliphatic hydroxyl groups excluding tert-OH is 1. The maximum absolute atomic E-state index is 13.9. The van der Waals surface area contributed by atoms with Crippen LogP contribution < -0.4 is 0 Å². The summed E-state index contributed by atoms with van der Waals surface area (Å²) in [6.45, 7) is -0.664. The summed E-state index contributed by atoms with van der Waals surface area (Å²) in [6.07, 6.45) is -1.59. The van der Waals surface area contributed by atoms with Crippen LogP contribution in [0.4, 0.5) is 13.6 Å². The number of piperidine rings is 1. The molecular formula is C21H23F2NO3. The van der Waals surface area contributed by atoms with Gasteiger partial charge in [-0.05, 0) is 24.0 Å². The molecule has 1 amide bonds. The van der Waals surface area contributed by atoms with Gasteiger partial charge in [0, 0.05) is 12.5 Å². The zero-order chi connectivity index (χ0) is 19.3. The Morgan fingerprint density at radius 1 is 1.15 bits per heavy atom. The van der Waals surface area contributed by atoms with Gasteiger partial charge in [0.2, 0.25) is 0 Å². The summed E-state index contributed by atoms with van der Waals surface area (Å²) in [6, 6.07) is 17.6. The van der Waals surface area contributed by atoms with Gasteiger partial charge < -0.3 is 9.84 Å².